The number of carbonyl (C=O) groups is 1. The number of aromatic nitrogens is 1. The molecule has 4 heteroatoms. The predicted octanol–water partition coefficient (Wildman–Crippen LogP) is 1.43. The summed E-state index contributed by atoms with van der Waals surface area (Å²) in [6, 6.07) is 4.01. The zero-order valence-electron chi connectivity index (χ0n) is 9.35. The van der Waals surface area contributed by atoms with E-state index in [2.05, 4.69) is 10.3 Å². The molecular weight excluding hydrogens is 202 g/mol. The van der Waals surface area contributed by atoms with Crippen LogP contribution in [0.25, 0.3) is 0 Å². The van der Waals surface area contributed by atoms with E-state index < -0.39 is 0 Å². The van der Waals surface area contributed by atoms with Crippen LogP contribution in [0.1, 0.15) is 18.4 Å². The van der Waals surface area contributed by atoms with Gasteiger partial charge in [-0.05, 0) is 30.9 Å². The van der Waals surface area contributed by atoms with Crippen molar-refractivity contribution < 1.29 is 4.79 Å². The standard InChI is InChI=1S/C12H17N3O/c16-12(15-8-1-2-9-15)14-7-5-11-4-3-6-13-10-11/h3-4,6,10H,1-2,5,7-9H2,(H,14,16). The Labute approximate surface area is 95.7 Å². The van der Waals surface area contributed by atoms with Crippen LogP contribution < -0.4 is 5.32 Å². The molecule has 0 aliphatic carbocycles. The van der Waals surface area contributed by atoms with E-state index in [1.54, 1.807) is 6.20 Å². The van der Waals surface area contributed by atoms with Crippen LogP contribution in [0, 0.1) is 0 Å². The van der Waals surface area contributed by atoms with Crippen molar-refractivity contribution >= 4 is 6.03 Å². The van der Waals surface area contributed by atoms with Crippen LogP contribution in [-0.4, -0.2) is 35.5 Å². The lowest BCUT2D eigenvalue weighted by atomic mass is 10.2. The minimum absolute atomic E-state index is 0.0707. The maximum Gasteiger partial charge on any atom is 0.317 e. The second kappa shape index (κ2) is 5.49. The average Bonchev–Trinajstić information content (AvgIpc) is 2.84. The molecule has 86 valence electrons. The van der Waals surface area contributed by atoms with Crippen LogP contribution in [-0.2, 0) is 6.42 Å². The molecule has 0 radical (unpaired) electrons. The van der Waals surface area contributed by atoms with Gasteiger partial charge in [0.15, 0.2) is 0 Å². The lowest BCUT2D eigenvalue weighted by Gasteiger charge is -2.15. The predicted molar refractivity (Wildman–Crippen MR) is 62.1 cm³/mol. The van der Waals surface area contributed by atoms with Crippen molar-refractivity contribution in [2.24, 2.45) is 0 Å². The molecule has 16 heavy (non-hydrogen) atoms. The molecule has 1 aliphatic heterocycles. The van der Waals surface area contributed by atoms with Crippen molar-refractivity contribution in [1.82, 2.24) is 15.2 Å². The highest BCUT2D eigenvalue weighted by molar-refractivity contribution is 5.74. The van der Waals surface area contributed by atoms with E-state index in [9.17, 15) is 4.79 Å². The van der Waals surface area contributed by atoms with E-state index in [4.69, 9.17) is 0 Å². The van der Waals surface area contributed by atoms with Gasteiger partial charge < -0.3 is 10.2 Å². The van der Waals surface area contributed by atoms with Gasteiger partial charge in [-0.3, -0.25) is 4.98 Å². The van der Waals surface area contributed by atoms with Crippen LogP contribution in [0.5, 0.6) is 0 Å². The molecule has 4 nitrogen and oxygen atoms in total. The summed E-state index contributed by atoms with van der Waals surface area (Å²) in [5.74, 6) is 0. The molecule has 1 aromatic heterocycles. The fourth-order valence-corrected chi connectivity index (χ4v) is 1.89. The molecule has 2 rings (SSSR count). The summed E-state index contributed by atoms with van der Waals surface area (Å²) in [5, 5.41) is 2.93. The quantitative estimate of drug-likeness (QED) is 0.835. The van der Waals surface area contributed by atoms with Crippen molar-refractivity contribution in [3.05, 3.63) is 30.1 Å². The topological polar surface area (TPSA) is 45.2 Å². The van der Waals surface area contributed by atoms with E-state index in [0.29, 0.717) is 6.54 Å². The molecule has 0 atom stereocenters. The number of carbonyl (C=O) groups excluding carboxylic acids is 1. The van der Waals surface area contributed by atoms with E-state index in [1.165, 1.54) is 0 Å². The van der Waals surface area contributed by atoms with Crippen molar-refractivity contribution in [1.29, 1.82) is 0 Å². The number of hydrogen-bond donors (Lipinski definition) is 1. The second-order valence-corrected chi connectivity index (χ2v) is 4.04. The third kappa shape index (κ3) is 2.95. The van der Waals surface area contributed by atoms with E-state index in [1.807, 2.05) is 23.2 Å². The number of hydrogen-bond acceptors (Lipinski definition) is 2. The highest BCUT2D eigenvalue weighted by atomic mass is 16.2. The molecule has 2 heterocycles. The zero-order chi connectivity index (χ0) is 11.2. The summed E-state index contributed by atoms with van der Waals surface area (Å²) in [6.07, 6.45) is 6.70. The molecule has 1 aliphatic rings. The molecule has 0 saturated carbocycles. The minimum Gasteiger partial charge on any atom is -0.338 e. The van der Waals surface area contributed by atoms with Gasteiger partial charge in [0.25, 0.3) is 0 Å². The van der Waals surface area contributed by atoms with Crippen LogP contribution in [0.15, 0.2) is 24.5 Å². The molecule has 0 unspecified atom stereocenters. The number of rotatable bonds is 3. The van der Waals surface area contributed by atoms with Gasteiger partial charge in [0.2, 0.25) is 0 Å². The molecule has 1 aromatic rings. The van der Waals surface area contributed by atoms with Gasteiger partial charge in [-0.15, -0.1) is 0 Å². The summed E-state index contributed by atoms with van der Waals surface area (Å²) in [7, 11) is 0. The Morgan fingerprint density at radius 1 is 1.44 bits per heavy atom. The fourth-order valence-electron chi connectivity index (χ4n) is 1.89. The first kappa shape index (κ1) is 10.9. The Kier molecular flexibility index (Phi) is 3.75. The monoisotopic (exact) mass is 219 g/mol. The maximum atomic E-state index is 11.6. The summed E-state index contributed by atoms with van der Waals surface area (Å²) >= 11 is 0. The first-order chi connectivity index (χ1) is 7.86. The Morgan fingerprint density at radius 3 is 2.94 bits per heavy atom. The van der Waals surface area contributed by atoms with E-state index in [-0.39, 0.29) is 6.03 Å². The summed E-state index contributed by atoms with van der Waals surface area (Å²) in [5.41, 5.74) is 1.16. The van der Waals surface area contributed by atoms with Crippen molar-refractivity contribution in [2.45, 2.75) is 19.3 Å². The minimum atomic E-state index is 0.0707. The van der Waals surface area contributed by atoms with Gasteiger partial charge in [0.1, 0.15) is 0 Å². The van der Waals surface area contributed by atoms with E-state index in [0.717, 1.165) is 37.9 Å². The van der Waals surface area contributed by atoms with Gasteiger partial charge in [0, 0.05) is 32.0 Å². The lowest BCUT2D eigenvalue weighted by Crippen LogP contribution is -2.38. The van der Waals surface area contributed by atoms with Crippen molar-refractivity contribution in [3.8, 4) is 0 Å². The largest absolute Gasteiger partial charge is 0.338 e. The normalized spacial score (nSPS) is 15.1. The number of likely N-dealkylation sites (tertiary alicyclic amines) is 1. The molecule has 1 fully saturated rings. The van der Waals surface area contributed by atoms with Crippen LogP contribution in [0.4, 0.5) is 4.79 Å². The SMILES string of the molecule is O=C(NCCc1cccnc1)N1CCCC1. The number of nitrogens with zero attached hydrogens (tertiary/aromatic N) is 2. The highest BCUT2D eigenvalue weighted by Gasteiger charge is 2.16. The van der Waals surface area contributed by atoms with Crippen LogP contribution in [0.2, 0.25) is 0 Å². The van der Waals surface area contributed by atoms with Gasteiger partial charge in [0.05, 0.1) is 0 Å². The lowest BCUT2D eigenvalue weighted by molar-refractivity contribution is 0.209. The van der Waals surface area contributed by atoms with Crippen molar-refractivity contribution in [2.75, 3.05) is 19.6 Å². The second-order valence-electron chi connectivity index (χ2n) is 4.04. The van der Waals surface area contributed by atoms with Gasteiger partial charge in [-0.1, -0.05) is 6.07 Å². The molecule has 1 N–H and O–H groups in total. The zero-order valence-corrected chi connectivity index (χ0v) is 9.35. The number of urea groups is 1. The van der Waals surface area contributed by atoms with E-state index >= 15 is 0 Å². The fraction of sp³-hybridized carbons (Fsp3) is 0.500. The van der Waals surface area contributed by atoms with Gasteiger partial charge >= 0.3 is 6.03 Å². The Hall–Kier alpha value is -1.58. The van der Waals surface area contributed by atoms with Crippen LogP contribution in [0.3, 0.4) is 0 Å². The average molecular weight is 219 g/mol. The van der Waals surface area contributed by atoms with Crippen molar-refractivity contribution in [3.63, 3.8) is 0 Å². The first-order valence-corrected chi connectivity index (χ1v) is 5.78. The molecule has 0 aromatic carbocycles. The Morgan fingerprint density at radius 2 is 2.25 bits per heavy atom. The summed E-state index contributed by atoms with van der Waals surface area (Å²) in [6.45, 7) is 2.48. The maximum absolute atomic E-state index is 11.6. The number of nitrogens with one attached hydrogen (secondary N) is 1. The van der Waals surface area contributed by atoms with Crippen LogP contribution >= 0.6 is 0 Å². The summed E-state index contributed by atoms with van der Waals surface area (Å²) in [4.78, 5) is 17.5. The molecule has 2 amide bonds. The molecule has 0 bridgehead atoms. The number of amides is 2. The van der Waals surface area contributed by atoms with Gasteiger partial charge in [-0.2, -0.15) is 0 Å². The Bertz CT molecular complexity index is 333. The summed E-state index contributed by atoms with van der Waals surface area (Å²) < 4.78 is 0. The first-order valence-electron chi connectivity index (χ1n) is 5.78. The highest BCUT2D eigenvalue weighted by Crippen LogP contribution is 2.06. The molecule has 1 saturated heterocycles. The number of pyridine rings is 1. The smallest absolute Gasteiger partial charge is 0.317 e. The van der Waals surface area contributed by atoms with Gasteiger partial charge in [-0.25, -0.2) is 4.79 Å². The molecule has 0 spiro atoms. The third-order valence-electron chi connectivity index (χ3n) is 2.81. The Balaban J connectivity index is 1.70. The molecular formula is C12H17N3O. The third-order valence-corrected chi connectivity index (χ3v) is 2.81.